The van der Waals surface area contributed by atoms with E-state index in [1.54, 1.807) is 39.8 Å². The summed E-state index contributed by atoms with van der Waals surface area (Å²) in [5.74, 6) is -1.06. The van der Waals surface area contributed by atoms with E-state index in [9.17, 15) is 9.59 Å². The number of rotatable bonds is 6. The first-order valence-corrected chi connectivity index (χ1v) is 9.77. The minimum Gasteiger partial charge on any atom is -0.459 e. The van der Waals surface area contributed by atoms with E-state index in [0.717, 1.165) is 11.3 Å². The van der Waals surface area contributed by atoms with Gasteiger partial charge in [0.25, 0.3) is 0 Å². The lowest BCUT2D eigenvalue weighted by atomic mass is 10.1. The van der Waals surface area contributed by atoms with E-state index in [-0.39, 0.29) is 23.3 Å². The molecule has 29 heavy (non-hydrogen) atoms. The molecule has 0 aromatic heterocycles. The Labute approximate surface area is 176 Å². The van der Waals surface area contributed by atoms with Gasteiger partial charge in [-0.1, -0.05) is 18.2 Å². The molecule has 0 fully saturated rings. The molecule has 0 atom stereocenters. The molecule has 7 heteroatoms. The summed E-state index contributed by atoms with van der Waals surface area (Å²) in [5, 5.41) is 6.46. The van der Waals surface area contributed by atoms with Gasteiger partial charge in [0.05, 0.1) is 23.3 Å². The van der Waals surface area contributed by atoms with Gasteiger partial charge in [-0.05, 0) is 76.7 Å². The van der Waals surface area contributed by atoms with E-state index < -0.39 is 11.9 Å². The van der Waals surface area contributed by atoms with E-state index >= 15 is 0 Å². The molecule has 2 N–H and O–H groups in total. The fraction of sp³-hybridized carbons (Fsp3) is 0.318. The number of thiocarbonyl (C=S) groups is 1. The van der Waals surface area contributed by atoms with Gasteiger partial charge in [0, 0.05) is 11.4 Å². The van der Waals surface area contributed by atoms with Crippen LogP contribution in [0.25, 0.3) is 0 Å². The number of carbonyl (C=O) groups is 2. The van der Waals surface area contributed by atoms with Crippen LogP contribution in [0.1, 0.15) is 54.0 Å². The van der Waals surface area contributed by atoms with Gasteiger partial charge in [-0.2, -0.15) is 0 Å². The first-order chi connectivity index (χ1) is 13.7. The van der Waals surface area contributed by atoms with Crippen LogP contribution in [0, 0.1) is 6.92 Å². The minimum atomic E-state index is -0.528. The molecule has 154 valence electrons. The van der Waals surface area contributed by atoms with Crippen LogP contribution in [-0.2, 0) is 9.47 Å². The van der Waals surface area contributed by atoms with Gasteiger partial charge in [0.2, 0.25) is 0 Å². The zero-order chi connectivity index (χ0) is 21.6. The van der Waals surface area contributed by atoms with Crippen molar-refractivity contribution in [2.24, 2.45) is 0 Å². The number of aryl methyl sites for hydroxylation is 1. The van der Waals surface area contributed by atoms with Crippen molar-refractivity contribution in [3.05, 3.63) is 59.2 Å². The molecule has 0 aliphatic rings. The number of benzene rings is 2. The molecule has 6 nitrogen and oxygen atoms in total. The highest BCUT2D eigenvalue weighted by molar-refractivity contribution is 7.80. The van der Waals surface area contributed by atoms with Gasteiger partial charge in [-0.25, -0.2) is 9.59 Å². The van der Waals surface area contributed by atoms with E-state index in [2.05, 4.69) is 10.6 Å². The van der Waals surface area contributed by atoms with Crippen molar-refractivity contribution in [1.29, 1.82) is 0 Å². The van der Waals surface area contributed by atoms with Gasteiger partial charge in [-0.15, -0.1) is 0 Å². The Balaban J connectivity index is 2.28. The molecule has 0 amide bonds. The van der Waals surface area contributed by atoms with E-state index in [0.29, 0.717) is 10.8 Å². The summed E-state index contributed by atoms with van der Waals surface area (Å²) in [7, 11) is 0. The molecule has 2 rings (SSSR count). The number of nitrogens with one attached hydrogen (secondary N) is 2. The van der Waals surface area contributed by atoms with Crippen molar-refractivity contribution in [3.63, 3.8) is 0 Å². The van der Waals surface area contributed by atoms with Crippen LogP contribution in [0.15, 0.2) is 42.5 Å². The average Bonchev–Trinajstić information content (AvgIpc) is 2.62. The molecule has 2 aromatic carbocycles. The molecule has 2 aromatic rings. The maximum Gasteiger partial charge on any atom is 0.338 e. The highest BCUT2D eigenvalue weighted by Crippen LogP contribution is 2.19. The smallest absolute Gasteiger partial charge is 0.338 e. The predicted molar refractivity (Wildman–Crippen MR) is 119 cm³/mol. The Bertz CT molecular complexity index is 869. The summed E-state index contributed by atoms with van der Waals surface area (Å²) in [6.07, 6.45) is -0.567. The Morgan fingerprint density at radius 1 is 0.862 bits per heavy atom. The van der Waals surface area contributed by atoms with Crippen LogP contribution < -0.4 is 10.6 Å². The maximum absolute atomic E-state index is 12.4. The number of hydrogen-bond acceptors (Lipinski definition) is 5. The van der Waals surface area contributed by atoms with E-state index in [1.165, 1.54) is 6.07 Å². The number of hydrogen-bond donors (Lipinski definition) is 2. The highest BCUT2D eigenvalue weighted by Gasteiger charge is 2.17. The normalized spacial score (nSPS) is 10.6. The van der Waals surface area contributed by atoms with Crippen LogP contribution in [0.3, 0.4) is 0 Å². The molecule has 0 unspecified atom stereocenters. The Morgan fingerprint density at radius 3 is 1.86 bits per heavy atom. The first-order valence-electron chi connectivity index (χ1n) is 9.36. The van der Waals surface area contributed by atoms with Crippen LogP contribution >= 0.6 is 12.2 Å². The summed E-state index contributed by atoms with van der Waals surface area (Å²) < 4.78 is 10.5. The third kappa shape index (κ3) is 6.87. The fourth-order valence-electron chi connectivity index (χ4n) is 2.50. The lowest BCUT2D eigenvalue weighted by molar-refractivity contribution is 0.0377. The van der Waals surface area contributed by atoms with Crippen molar-refractivity contribution in [3.8, 4) is 0 Å². The Hall–Kier alpha value is -2.93. The minimum absolute atomic E-state index is 0.234. The zero-order valence-corrected chi connectivity index (χ0v) is 18.1. The first kappa shape index (κ1) is 22.4. The van der Waals surface area contributed by atoms with Gasteiger partial charge < -0.3 is 20.1 Å². The standard InChI is InChI=1S/C22H26N2O4S/c1-13(2)27-20(25)16-10-17(21(26)28-14(3)4)12-18(11-16)23-22(29)24-19-9-7-6-8-15(19)5/h6-14H,1-5H3,(H2,23,24,29). The lowest BCUT2D eigenvalue weighted by Crippen LogP contribution is -2.21. The predicted octanol–water partition coefficient (Wildman–Crippen LogP) is 4.93. The number of para-hydroxylation sites is 1. The van der Waals surface area contributed by atoms with Crippen LogP contribution in [0.5, 0.6) is 0 Å². The van der Waals surface area contributed by atoms with Crippen molar-refractivity contribution < 1.29 is 19.1 Å². The second-order valence-corrected chi connectivity index (χ2v) is 7.51. The topological polar surface area (TPSA) is 76.7 Å². The molecule has 0 saturated carbocycles. The molecule has 0 saturated heterocycles. The van der Waals surface area contributed by atoms with Crippen LogP contribution in [0.2, 0.25) is 0 Å². The quantitative estimate of drug-likeness (QED) is 0.512. The van der Waals surface area contributed by atoms with Crippen LogP contribution in [-0.4, -0.2) is 29.3 Å². The lowest BCUT2D eigenvalue weighted by Gasteiger charge is -2.15. The SMILES string of the molecule is Cc1ccccc1NC(=S)Nc1cc(C(=O)OC(C)C)cc(C(=O)OC(C)C)c1. The van der Waals surface area contributed by atoms with Crippen molar-refractivity contribution in [2.45, 2.75) is 46.8 Å². The largest absolute Gasteiger partial charge is 0.459 e. The average molecular weight is 415 g/mol. The summed E-state index contributed by atoms with van der Waals surface area (Å²) in [6.45, 7) is 9.00. The second-order valence-electron chi connectivity index (χ2n) is 7.10. The molecule has 0 spiro atoms. The van der Waals surface area contributed by atoms with Gasteiger partial charge in [-0.3, -0.25) is 0 Å². The van der Waals surface area contributed by atoms with E-state index in [4.69, 9.17) is 21.7 Å². The molecule has 0 aliphatic carbocycles. The summed E-state index contributed by atoms with van der Waals surface area (Å²) in [6, 6.07) is 12.3. The Morgan fingerprint density at radius 2 is 1.38 bits per heavy atom. The third-order valence-corrected chi connectivity index (χ3v) is 3.95. The van der Waals surface area contributed by atoms with Crippen molar-refractivity contribution in [2.75, 3.05) is 10.6 Å². The fourth-order valence-corrected chi connectivity index (χ4v) is 2.73. The number of anilines is 2. The summed E-state index contributed by atoms with van der Waals surface area (Å²) >= 11 is 5.38. The van der Waals surface area contributed by atoms with Gasteiger partial charge in [0.1, 0.15) is 0 Å². The molecule has 0 aliphatic heterocycles. The maximum atomic E-state index is 12.4. The van der Waals surface area contributed by atoms with E-state index in [1.807, 2.05) is 31.2 Å². The second kappa shape index (κ2) is 10.0. The Kier molecular flexibility index (Phi) is 7.73. The number of ether oxygens (including phenoxy) is 2. The van der Waals surface area contributed by atoms with Gasteiger partial charge in [0.15, 0.2) is 5.11 Å². The molecule has 0 radical (unpaired) electrons. The highest BCUT2D eigenvalue weighted by atomic mass is 32.1. The number of carbonyl (C=O) groups excluding carboxylic acids is 2. The van der Waals surface area contributed by atoms with Crippen LogP contribution in [0.4, 0.5) is 11.4 Å². The number of esters is 2. The zero-order valence-electron chi connectivity index (χ0n) is 17.2. The summed E-state index contributed by atoms with van der Waals surface area (Å²) in [4.78, 5) is 24.8. The molecular formula is C22H26N2O4S. The monoisotopic (exact) mass is 414 g/mol. The van der Waals surface area contributed by atoms with Gasteiger partial charge >= 0.3 is 11.9 Å². The molecular weight excluding hydrogens is 388 g/mol. The van der Waals surface area contributed by atoms with Crippen molar-refractivity contribution in [1.82, 2.24) is 0 Å². The third-order valence-electron chi connectivity index (χ3n) is 3.74. The molecule has 0 bridgehead atoms. The molecule has 0 heterocycles. The summed E-state index contributed by atoms with van der Waals surface area (Å²) in [5.41, 5.74) is 2.84. The van der Waals surface area contributed by atoms with Crippen molar-refractivity contribution >= 4 is 40.6 Å².